The Balaban J connectivity index is 1.30. The number of amides is 1. The van der Waals surface area contributed by atoms with E-state index >= 15 is 0 Å². The second-order valence-corrected chi connectivity index (χ2v) is 7.99. The van der Waals surface area contributed by atoms with Gasteiger partial charge in [-0.3, -0.25) is 9.59 Å². The van der Waals surface area contributed by atoms with Crippen LogP contribution < -0.4 is 10.9 Å². The number of aryl methyl sites for hydroxylation is 1. The summed E-state index contributed by atoms with van der Waals surface area (Å²) >= 11 is 0. The minimum atomic E-state index is -0.238. The van der Waals surface area contributed by atoms with Crippen LogP contribution in [-0.2, 0) is 11.3 Å². The molecule has 0 saturated heterocycles. The average molecular weight is 325 g/mol. The second kappa shape index (κ2) is 3.90. The molecule has 7 nitrogen and oxygen atoms in total. The fraction of sp³-hybridized carbons (Fsp3) is 0.647. The van der Waals surface area contributed by atoms with Gasteiger partial charge in [0.1, 0.15) is 17.9 Å². The van der Waals surface area contributed by atoms with Crippen LogP contribution in [0.2, 0.25) is 0 Å². The molecule has 2 bridgehead atoms. The second-order valence-electron chi connectivity index (χ2n) is 7.99. The van der Waals surface area contributed by atoms with Crippen molar-refractivity contribution >= 4 is 11.4 Å². The smallest absolute Gasteiger partial charge is 0.293 e. The van der Waals surface area contributed by atoms with Crippen LogP contribution in [0.5, 0.6) is 0 Å². The molecular weight excluding hydrogens is 306 g/mol. The maximum atomic E-state index is 12.7. The van der Waals surface area contributed by atoms with E-state index in [9.17, 15) is 9.59 Å². The van der Waals surface area contributed by atoms with Gasteiger partial charge in [0, 0.05) is 11.5 Å². The molecule has 2 heterocycles. The number of rotatable bonds is 4. The van der Waals surface area contributed by atoms with Gasteiger partial charge in [-0.2, -0.15) is 10.2 Å². The van der Waals surface area contributed by atoms with E-state index in [2.05, 4.69) is 15.5 Å². The third-order valence-electron chi connectivity index (χ3n) is 6.56. The summed E-state index contributed by atoms with van der Waals surface area (Å²) in [6.07, 6.45) is 4.63. The van der Waals surface area contributed by atoms with E-state index in [1.807, 2.05) is 13.0 Å². The van der Waals surface area contributed by atoms with Crippen molar-refractivity contribution in [1.29, 1.82) is 0 Å². The first-order valence-corrected chi connectivity index (χ1v) is 8.87. The van der Waals surface area contributed by atoms with Crippen LogP contribution in [-0.4, -0.2) is 30.8 Å². The molecule has 2 atom stereocenters. The molecule has 7 heteroatoms. The lowest BCUT2D eigenvalue weighted by molar-refractivity contribution is -0.123. The third kappa shape index (κ3) is 1.53. The van der Waals surface area contributed by atoms with Gasteiger partial charge in [-0.15, -0.1) is 0 Å². The Bertz CT molecular complexity index is 959. The van der Waals surface area contributed by atoms with Crippen molar-refractivity contribution in [2.45, 2.75) is 50.6 Å². The molecule has 0 radical (unpaired) electrons. The number of nitrogens with one attached hydrogen (secondary N) is 1. The van der Waals surface area contributed by atoms with Crippen molar-refractivity contribution < 1.29 is 4.79 Å². The summed E-state index contributed by atoms with van der Waals surface area (Å²) in [4.78, 5) is 25.1. The van der Waals surface area contributed by atoms with Crippen LogP contribution in [0.1, 0.15) is 43.1 Å². The highest BCUT2D eigenvalue weighted by Gasteiger charge is 2.87. The summed E-state index contributed by atoms with van der Waals surface area (Å²) in [6, 6.07) is 1.86. The third-order valence-corrected chi connectivity index (χ3v) is 6.56. The number of hydrogen-bond donors (Lipinski definition) is 1. The highest BCUT2D eigenvalue weighted by atomic mass is 16.2. The molecule has 2 aromatic heterocycles. The number of carbonyl (C=O) groups is 1. The van der Waals surface area contributed by atoms with Gasteiger partial charge in [0.05, 0.1) is 5.69 Å². The Hall–Kier alpha value is -2.18. The maximum absolute atomic E-state index is 12.7. The minimum absolute atomic E-state index is 0.00796. The molecule has 7 rings (SSSR count). The van der Waals surface area contributed by atoms with Gasteiger partial charge in [0.2, 0.25) is 5.91 Å². The largest absolute Gasteiger partial charge is 0.348 e. The number of aromatic nitrogens is 4. The lowest BCUT2D eigenvalue weighted by Crippen LogP contribution is -2.44. The first-order chi connectivity index (χ1) is 11.6. The molecule has 24 heavy (non-hydrogen) atoms. The van der Waals surface area contributed by atoms with Crippen LogP contribution >= 0.6 is 0 Å². The van der Waals surface area contributed by atoms with Crippen molar-refractivity contribution in [2.75, 3.05) is 0 Å². The molecule has 0 spiro atoms. The Morgan fingerprint density at radius 3 is 2.79 bits per heavy atom. The number of fused-ring (bicyclic) bond motifs is 2. The van der Waals surface area contributed by atoms with Crippen molar-refractivity contribution in [3.63, 3.8) is 0 Å². The normalized spacial score (nSPS) is 35.1. The van der Waals surface area contributed by atoms with Crippen molar-refractivity contribution in [1.82, 2.24) is 24.7 Å². The molecule has 5 aliphatic rings. The van der Waals surface area contributed by atoms with E-state index in [0.29, 0.717) is 17.3 Å². The minimum Gasteiger partial charge on any atom is -0.348 e. The zero-order chi connectivity index (χ0) is 16.2. The maximum Gasteiger partial charge on any atom is 0.293 e. The van der Waals surface area contributed by atoms with E-state index in [4.69, 9.17) is 0 Å². The zero-order valence-corrected chi connectivity index (χ0v) is 13.5. The number of carbonyl (C=O) groups excluding carboxylic acids is 1. The van der Waals surface area contributed by atoms with Crippen molar-refractivity contribution in [3.05, 3.63) is 27.9 Å². The summed E-state index contributed by atoms with van der Waals surface area (Å²) < 4.78 is 2.90. The first kappa shape index (κ1) is 13.1. The Kier molecular flexibility index (Phi) is 2.13. The SMILES string of the molecule is Cc1nn(CC(=O)NC23CCC4C2C43)c(=O)c2cc(C3CC3)nn12. The van der Waals surface area contributed by atoms with E-state index in [1.165, 1.54) is 11.1 Å². The van der Waals surface area contributed by atoms with Crippen LogP contribution in [0.4, 0.5) is 0 Å². The number of hydrogen-bond acceptors (Lipinski definition) is 4. The van der Waals surface area contributed by atoms with Gasteiger partial charge in [-0.1, -0.05) is 0 Å². The van der Waals surface area contributed by atoms with Crippen LogP contribution in [0, 0.1) is 24.7 Å². The predicted molar refractivity (Wildman–Crippen MR) is 84.5 cm³/mol. The lowest BCUT2D eigenvalue weighted by atomic mass is 10.1. The summed E-state index contributed by atoms with van der Waals surface area (Å²) in [7, 11) is 0. The van der Waals surface area contributed by atoms with Crippen LogP contribution in [0.3, 0.4) is 0 Å². The molecule has 0 aromatic carbocycles. The van der Waals surface area contributed by atoms with Crippen LogP contribution in [0.15, 0.2) is 10.9 Å². The van der Waals surface area contributed by atoms with E-state index in [-0.39, 0.29) is 23.6 Å². The van der Waals surface area contributed by atoms with E-state index < -0.39 is 0 Å². The van der Waals surface area contributed by atoms with Gasteiger partial charge < -0.3 is 5.32 Å². The Morgan fingerprint density at radius 1 is 1.33 bits per heavy atom. The summed E-state index contributed by atoms with van der Waals surface area (Å²) in [5.74, 6) is 3.35. The number of nitrogens with zero attached hydrogens (tertiary/aromatic N) is 4. The fourth-order valence-corrected chi connectivity index (χ4v) is 5.16. The van der Waals surface area contributed by atoms with Gasteiger partial charge in [0.25, 0.3) is 5.56 Å². The standard InChI is InChI=1S/C17H19N5O2/c1-8-19-21(7-13(23)18-17-5-4-10-14(17)15(10)17)16(24)12-6-11(9-2-3-9)20-22(8)12/h6,9-10,14-15H,2-5,7H2,1H3,(H,18,23). The summed E-state index contributed by atoms with van der Waals surface area (Å²) in [5.41, 5.74) is 1.33. The van der Waals surface area contributed by atoms with Gasteiger partial charge in [-0.25, -0.2) is 9.20 Å². The monoisotopic (exact) mass is 325 g/mol. The molecule has 5 saturated carbocycles. The Morgan fingerprint density at radius 2 is 2.12 bits per heavy atom. The van der Waals surface area contributed by atoms with Crippen molar-refractivity contribution in [3.8, 4) is 0 Å². The van der Waals surface area contributed by atoms with Gasteiger partial charge >= 0.3 is 0 Å². The summed E-state index contributed by atoms with van der Waals surface area (Å²) in [6.45, 7) is 1.81. The fourth-order valence-electron chi connectivity index (χ4n) is 5.16. The quantitative estimate of drug-likeness (QED) is 0.892. The highest BCUT2D eigenvalue weighted by molar-refractivity contribution is 5.78. The van der Waals surface area contributed by atoms with Crippen LogP contribution in [0.25, 0.3) is 5.52 Å². The molecule has 5 aliphatic carbocycles. The molecule has 2 aromatic rings. The van der Waals surface area contributed by atoms with Gasteiger partial charge in [-0.05, 0) is 56.4 Å². The average Bonchev–Trinajstić information content (AvgIpc) is 3.50. The molecular formula is C17H19N5O2. The predicted octanol–water partition coefficient (Wildman–Crippen LogP) is 0.601. The van der Waals surface area contributed by atoms with Gasteiger partial charge in [0.15, 0.2) is 0 Å². The molecule has 124 valence electrons. The van der Waals surface area contributed by atoms with E-state index in [0.717, 1.165) is 42.7 Å². The van der Waals surface area contributed by atoms with E-state index in [1.54, 1.807) is 4.52 Å². The van der Waals surface area contributed by atoms with Crippen molar-refractivity contribution in [2.24, 2.45) is 17.8 Å². The highest BCUT2D eigenvalue weighted by Crippen LogP contribution is 2.84. The molecule has 5 fully saturated rings. The molecule has 1 N–H and O–H groups in total. The Labute approximate surface area is 138 Å². The molecule has 0 aliphatic heterocycles. The zero-order valence-electron chi connectivity index (χ0n) is 13.5. The lowest BCUT2D eigenvalue weighted by Gasteiger charge is -2.18. The first-order valence-electron chi connectivity index (χ1n) is 8.87. The summed E-state index contributed by atoms with van der Waals surface area (Å²) in [5, 5.41) is 12.0. The molecule has 2 unspecified atom stereocenters. The molecule has 1 amide bonds. The topological polar surface area (TPSA) is 81.3 Å².